The quantitative estimate of drug-likeness (QED) is 0.682. The molecule has 9 heteroatoms. The molecule has 2 aromatic rings. The van der Waals surface area contributed by atoms with Gasteiger partial charge in [-0.1, -0.05) is 42.5 Å². The summed E-state index contributed by atoms with van der Waals surface area (Å²) in [6.45, 7) is -0.262. The Balaban J connectivity index is 1.79. The molecule has 2 aromatic carbocycles. The van der Waals surface area contributed by atoms with Crippen LogP contribution < -0.4 is 10.1 Å². The molecule has 2 atom stereocenters. The molecule has 0 spiro atoms. The van der Waals surface area contributed by atoms with Gasteiger partial charge >= 0.3 is 12.5 Å². The standard InChI is InChI=1S/C18H18F3NO5/c19-18(20,21)27-14-8-6-13(7-9-14)16(24)15(23)10-22-17(25)26-11-12-4-2-1-3-5-12/h1-9,15-16,23-24H,10-11H2,(H,22,25). The molecule has 27 heavy (non-hydrogen) atoms. The monoisotopic (exact) mass is 385 g/mol. The fourth-order valence-corrected chi connectivity index (χ4v) is 2.16. The molecule has 2 rings (SSSR count). The Morgan fingerprint density at radius 3 is 2.26 bits per heavy atom. The average molecular weight is 385 g/mol. The number of carbonyl (C=O) groups excluding carboxylic acids is 1. The van der Waals surface area contributed by atoms with Crippen LogP contribution >= 0.6 is 0 Å². The first-order valence-electron chi connectivity index (χ1n) is 7.91. The minimum atomic E-state index is -4.82. The molecule has 2 unspecified atom stereocenters. The predicted molar refractivity (Wildman–Crippen MR) is 88.7 cm³/mol. The predicted octanol–water partition coefficient (Wildman–Crippen LogP) is 2.91. The number of nitrogens with one attached hydrogen (secondary N) is 1. The third-order valence-corrected chi connectivity index (χ3v) is 3.49. The van der Waals surface area contributed by atoms with E-state index in [9.17, 15) is 28.2 Å². The van der Waals surface area contributed by atoms with Crippen molar-refractivity contribution in [1.29, 1.82) is 0 Å². The number of amides is 1. The number of carbonyl (C=O) groups is 1. The van der Waals surface area contributed by atoms with Crippen molar-refractivity contribution in [2.24, 2.45) is 0 Å². The van der Waals surface area contributed by atoms with Crippen LogP contribution in [0.5, 0.6) is 5.75 Å². The fourth-order valence-electron chi connectivity index (χ4n) is 2.16. The third-order valence-electron chi connectivity index (χ3n) is 3.49. The molecule has 0 aliphatic rings. The van der Waals surface area contributed by atoms with Crippen LogP contribution in [0.2, 0.25) is 0 Å². The van der Waals surface area contributed by atoms with Crippen molar-refractivity contribution < 1.29 is 37.7 Å². The van der Waals surface area contributed by atoms with E-state index in [1.807, 2.05) is 6.07 Å². The van der Waals surface area contributed by atoms with Crippen molar-refractivity contribution in [3.05, 3.63) is 65.7 Å². The lowest BCUT2D eigenvalue weighted by atomic mass is 10.0. The Kier molecular flexibility index (Phi) is 7.03. The van der Waals surface area contributed by atoms with Crippen LogP contribution in [0.1, 0.15) is 17.2 Å². The normalized spacial score (nSPS) is 13.5. The Bertz CT molecular complexity index is 722. The van der Waals surface area contributed by atoms with Crippen molar-refractivity contribution in [3.8, 4) is 5.75 Å². The minimum Gasteiger partial charge on any atom is -0.445 e. The van der Waals surface area contributed by atoms with E-state index in [0.717, 1.165) is 17.7 Å². The van der Waals surface area contributed by atoms with Crippen molar-refractivity contribution in [1.82, 2.24) is 5.32 Å². The van der Waals surface area contributed by atoms with Gasteiger partial charge in [-0.3, -0.25) is 0 Å². The zero-order valence-electron chi connectivity index (χ0n) is 14.0. The summed E-state index contributed by atoms with van der Waals surface area (Å²) in [5.41, 5.74) is 0.950. The van der Waals surface area contributed by atoms with Gasteiger partial charge in [0.25, 0.3) is 0 Å². The zero-order chi connectivity index (χ0) is 19.9. The van der Waals surface area contributed by atoms with Gasteiger partial charge in [0.15, 0.2) is 0 Å². The van der Waals surface area contributed by atoms with Gasteiger partial charge in [-0.25, -0.2) is 4.79 Å². The van der Waals surface area contributed by atoms with Crippen LogP contribution in [0.15, 0.2) is 54.6 Å². The lowest BCUT2D eigenvalue weighted by molar-refractivity contribution is -0.274. The highest BCUT2D eigenvalue weighted by atomic mass is 19.4. The van der Waals surface area contributed by atoms with Gasteiger partial charge in [-0.15, -0.1) is 13.2 Å². The Morgan fingerprint density at radius 1 is 1.04 bits per heavy atom. The Labute approximate surface area is 153 Å². The molecule has 0 saturated carbocycles. The summed E-state index contributed by atoms with van der Waals surface area (Å²) in [5.74, 6) is -0.449. The van der Waals surface area contributed by atoms with Gasteiger partial charge in [-0.2, -0.15) is 0 Å². The first-order valence-corrected chi connectivity index (χ1v) is 7.91. The van der Waals surface area contributed by atoms with E-state index in [4.69, 9.17) is 4.74 Å². The van der Waals surface area contributed by atoms with Crippen LogP contribution in [-0.2, 0) is 11.3 Å². The van der Waals surface area contributed by atoms with E-state index in [1.165, 1.54) is 12.1 Å². The van der Waals surface area contributed by atoms with Gasteiger partial charge in [0.2, 0.25) is 0 Å². The first kappa shape index (κ1) is 20.5. The summed E-state index contributed by atoms with van der Waals surface area (Å²) in [4.78, 5) is 11.6. The van der Waals surface area contributed by atoms with Crippen LogP contribution in [0.25, 0.3) is 0 Å². The van der Waals surface area contributed by atoms with Gasteiger partial charge in [-0.05, 0) is 23.3 Å². The summed E-state index contributed by atoms with van der Waals surface area (Å²) >= 11 is 0. The van der Waals surface area contributed by atoms with Crippen molar-refractivity contribution in [2.45, 2.75) is 25.2 Å². The number of hydrogen-bond acceptors (Lipinski definition) is 5. The number of aliphatic hydroxyl groups excluding tert-OH is 2. The van der Waals surface area contributed by atoms with E-state index in [1.54, 1.807) is 24.3 Å². The highest BCUT2D eigenvalue weighted by Gasteiger charge is 2.31. The molecule has 0 aliphatic heterocycles. The number of ether oxygens (including phenoxy) is 2. The maximum Gasteiger partial charge on any atom is 0.573 e. The molecule has 0 heterocycles. The Morgan fingerprint density at radius 2 is 1.67 bits per heavy atom. The molecular weight excluding hydrogens is 367 g/mol. The lowest BCUT2D eigenvalue weighted by Gasteiger charge is -2.19. The summed E-state index contributed by atoms with van der Waals surface area (Å²) in [6, 6.07) is 13.4. The summed E-state index contributed by atoms with van der Waals surface area (Å²) < 4.78 is 45.0. The van der Waals surface area contributed by atoms with Crippen molar-refractivity contribution >= 4 is 6.09 Å². The van der Waals surface area contributed by atoms with E-state index in [2.05, 4.69) is 10.1 Å². The number of alkyl halides is 3. The average Bonchev–Trinajstić information content (AvgIpc) is 2.64. The number of benzene rings is 2. The molecule has 0 fully saturated rings. The van der Waals surface area contributed by atoms with Gasteiger partial charge in [0.1, 0.15) is 24.6 Å². The summed E-state index contributed by atoms with van der Waals surface area (Å²) in [5, 5.41) is 22.3. The molecular formula is C18H18F3NO5. The second-order valence-corrected chi connectivity index (χ2v) is 5.57. The molecule has 3 N–H and O–H groups in total. The molecule has 0 radical (unpaired) electrons. The second-order valence-electron chi connectivity index (χ2n) is 5.57. The number of hydrogen-bond donors (Lipinski definition) is 3. The van der Waals surface area contributed by atoms with E-state index in [0.29, 0.717) is 0 Å². The third kappa shape index (κ3) is 7.16. The second kappa shape index (κ2) is 9.24. The van der Waals surface area contributed by atoms with Crippen molar-refractivity contribution in [2.75, 3.05) is 6.54 Å². The summed E-state index contributed by atoms with van der Waals surface area (Å²) in [7, 11) is 0. The van der Waals surface area contributed by atoms with Crippen LogP contribution in [-0.4, -0.2) is 35.3 Å². The van der Waals surface area contributed by atoms with Crippen molar-refractivity contribution in [3.63, 3.8) is 0 Å². The number of rotatable bonds is 7. The van der Waals surface area contributed by atoms with E-state index in [-0.39, 0.29) is 18.7 Å². The van der Waals surface area contributed by atoms with E-state index >= 15 is 0 Å². The van der Waals surface area contributed by atoms with Gasteiger partial charge in [0.05, 0.1) is 0 Å². The topological polar surface area (TPSA) is 88.0 Å². The maximum atomic E-state index is 12.1. The number of halogens is 3. The lowest BCUT2D eigenvalue weighted by Crippen LogP contribution is -2.35. The number of alkyl carbamates (subject to hydrolysis) is 1. The zero-order valence-corrected chi connectivity index (χ0v) is 14.0. The Hall–Kier alpha value is -2.78. The summed E-state index contributed by atoms with van der Waals surface area (Å²) in [6.07, 6.45) is -8.40. The van der Waals surface area contributed by atoms with E-state index < -0.39 is 30.4 Å². The SMILES string of the molecule is O=C(NCC(O)C(O)c1ccc(OC(F)(F)F)cc1)OCc1ccccc1. The molecule has 146 valence electrons. The van der Waals surface area contributed by atoms with Gasteiger partial charge < -0.3 is 25.0 Å². The first-order chi connectivity index (χ1) is 12.7. The van der Waals surface area contributed by atoms with Crippen LogP contribution in [0, 0.1) is 0 Å². The van der Waals surface area contributed by atoms with Gasteiger partial charge in [0, 0.05) is 6.54 Å². The highest BCUT2D eigenvalue weighted by Crippen LogP contribution is 2.25. The van der Waals surface area contributed by atoms with Crippen LogP contribution in [0.4, 0.5) is 18.0 Å². The smallest absolute Gasteiger partial charge is 0.445 e. The highest BCUT2D eigenvalue weighted by molar-refractivity contribution is 5.67. The molecule has 0 bridgehead atoms. The molecule has 0 aliphatic carbocycles. The number of aliphatic hydroxyl groups is 2. The maximum absolute atomic E-state index is 12.1. The molecule has 0 saturated heterocycles. The molecule has 0 aromatic heterocycles. The van der Waals surface area contributed by atoms with Crippen LogP contribution in [0.3, 0.4) is 0 Å². The largest absolute Gasteiger partial charge is 0.573 e. The minimum absolute atomic E-state index is 0.0476. The fraction of sp³-hybridized carbons (Fsp3) is 0.278. The molecule has 1 amide bonds. The molecule has 6 nitrogen and oxygen atoms in total.